The number of amides is 1. The van der Waals surface area contributed by atoms with E-state index in [1.54, 1.807) is 32.6 Å². The highest BCUT2D eigenvalue weighted by molar-refractivity contribution is 7.89. The molecule has 2 atom stereocenters. The normalized spacial score (nSPS) is 19.1. The third-order valence-corrected chi connectivity index (χ3v) is 9.74. The molecule has 1 aromatic carbocycles. The standard InChI is InChI=1S/C31H31F2N7O4S/c1-34-22-9-21(32)27(33)25-17(22)8-23-26(25)28(40-6-5-15-12-38(2)14-24(15)40)19(11-35-23)16-7-18-29(41)20(31(42)37-45(4,43)44)13-39(3)30(18)36-10-16/h7,9-11,13,15,24,34H,5-6,8,12,14H2,1-4H3,(H,37,42)/t15-,24?/m0/s1. The molecule has 1 amide bonds. The van der Waals surface area contributed by atoms with Crippen molar-refractivity contribution >= 4 is 38.3 Å². The number of benzene rings is 1. The number of rotatable bonds is 5. The van der Waals surface area contributed by atoms with Crippen molar-refractivity contribution < 1.29 is 22.0 Å². The van der Waals surface area contributed by atoms with E-state index in [-0.39, 0.29) is 28.2 Å². The number of nitrogens with zero attached hydrogens (tertiary/aromatic N) is 5. The van der Waals surface area contributed by atoms with Gasteiger partial charge in [-0.1, -0.05) is 0 Å². The van der Waals surface area contributed by atoms with Crippen molar-refractivity contribution in [1.29, 1.82) is 0 Å². The number of sulfonamides is 1. The van der Waals surface area contributed by atoms with Gasteiger partial charge < -0.3 is 19.7 Å². The number of nitrogens with one attached hydrogen (secondary N) is 2. The first kappa shape index (κ1) is 29.3. The number of halogens is 2. The van der Waals surface area contributed by atoms with E-state index >= 15 is 8.78 Å². The van der Waals surface area contributed by atoms with Crippen LogP contribution >= 0.6 is 0 Å². The smallest absolute Gasteiger partial charge is 0.270 e. The summed E-state index contributed by atoms with van der Waals surface area (Å²) in [5.74, 6) is -2.55. The second-order valence-electron chi connectivity index (χ2n) is 12.2. The first-order valence-corrected chi connectivity index (χ1v) is 16.4. The Labute approximate surface area is 257 Å². The first-order valence-electron chi connectivity index (χ1n) is 14.5. The van der Waals surface area contributed by atoms with Crippen LogP contribution in [0.1, 0.15) is 28.0 Å². The van der Waals surface area contributed by atoms with Crippen molar-refractivity contribution in [3.05, 3.63) is 69.4 Å². The number of carbonyl (C=O) groups is 1. The molecule has 2 N–H and O–H groups in total. The maximum Gasteiger partial charge on any atom is 0.270 e. The van der Waals surface area contributed by atoms with Crippen molar-refractivity contribution in [1.82, 2.24) is 24.2 Å². The van der Waals surface area contributed by atoms with Gasteiger partial charge in [-0.05, 0) is 31.0 Å². The Bertz CT molecular complexity index is 2120. The van der Waals surface area contributed by atoms with Gasteiger partial charge in [0.25, 0.3) is 5.91 Å². The third kappa shape index (κ3) is 4.65. The van der Waals surface area contributed by atoms with Gasteiger partial charge in [0.2, 0.25) is 15.5 Å². The zero-order valence-electron chi connectivity index (χ0n) is 25.1. The van der Waals surface area contributed by atoms with Gasteiger partial charge in [-0.2, -0.15) is 0 Å². The number of pyridine rings is 3. The molecule has 2 saturated heterocycles. The van der Waals surface area contributed by atoms with E-state index in [0.29, 0.717) is 58.2 Å². The number of likely N-dealkylation sites (N-methyl/N-ethyl adjacent to an activating group) is 1. The molecule has 234 valence electrons. The Hall–Kier alpha value is -4.43. The number of hydrogen-bond donors (Lipinski definition) is 2. The molecule has 0 spiro atoms. The van der Waals surface area contributed by atoms with Crippen LogP contribution in [0.25, 0.3) is 33.3 Å². The van der Waals surface area contributed by atoms with Crippen molar-refractivity contribution in [2.24, 2.45) is 13.0 Å². The van der Waals surface area contributed by atoms with E-state index in [2.05, 4.69) is 27.1 Å². The molecule has 45 heavy (non-hydrogen) atoms. The topological polar surface area (TPSA) is 130 Å². The number of aryl methyl sites for hydroxylation is 1. The quantitative estimate of drug-likeness (QED) is 0.300. The molecule has 2 fully saturated rings. The molecular weight excluding hydrogens is 604 g/mol. The Morgan fingerprint density at radius 2 is 1.87 bits per heavy atom. The fourth-order valence-corrected chi connectivity index (χ4v) is 7.74. The SMILES string of the molecule is CNc1cc(F)c(F)c2c1Cc1ncc(-c3cnc4c(c3)c(=O)c(C(=O)NS(C)(=O)=O)cn4C)c(N3CC[C@H]4CN(C)CC43)c1-2. The minimum atomic E-state index is -3.92. The van der Waals surface area contributed by atoms with Crippen LogP contribution in [0.2, 0.25) is 0 Å². The molecule has 5 heterocycles. The van der Waals surface area contributed by atoms with Crippen LogP contribution in [-0.2, 0) is 23.5 Å². The Morgan fingerprint density at radius 3 is 2.60 bits per heavy atom. The van der Waals surface area contributed by atoms with Gasteiger partial charge in [0, 0.05) is 98.8 Å². The predicted octanol–water partition coefficient (Wildman–Crippen LogP) is 2.72. The Morgan fingerprint density at radius 1 is 1.09 bits per heavy atom. The summed E-state index contributed by atoms with van der Waals surface area (Å²) in [4.78, 5) is 40.1. The molecule has 3 aliphatic rings. The second-order valence-corrected chi connectivity index (χ2v) is 13.9. The summed E-state index contributed by atoms with van der Waals surface area (Å²) >= 11 is 0. The Balaban J connectivity index is 1.48. The fraction of sp³-hybridized carbons (Fsp3) is 0.355. The molecule has 2 aliphatic heterocycles. The molecule has 1 aliphatic carbocycles. The van der Waals surface area contributed by atoms with Crippen LogP contribution in [0.15, 0.2) is 35.5 Å². The highest BCUT2D eigenvalue weighted by Crippen LogP contribution is 2.52. The minimum absolute atomic E-state index is 0.0950. The summed E-state index contributed by atoms with van der Waals surface area (Å²) in [6, 6.07) is 2.90. The summed E-state index contributed by atoms with van der Waals surface area (Å²) in [5, 5.41) is 3.09. The molecule has 1 unspecified atom stereocenters. The molecule has 0 bridgehead atoms. The maximum atomic E-state index is 15.8. The number of fused-ring (bicyclic) bond motifs is 5. The van der Waals surface area contributed by atoms with E-state index in [9.17, 15) is 18.0 Å². The molecule has 0 radical (unpaired) electrons. The molecule has 7 rings (SSSR count). The van der Waals surface area contributed by atoms with Crippen LogP contribution in [-0.4, -0.2) is 79.8 Å². The molecule has 14 heteroatoms. The molecule has 4 aromatic rings. The van der Waals surface area contributed by atoms with Crippen molar-refractivity contribution in [2.45, 2.75) is 18.9 Å². The second kappa shape index (κ2) is 10.3. The lowest BCUT2D eigenvalue weighted by Gasteiger charge is -2.31. The minimum Gasteiger partial charge on any atom is -0.388 e. The van der Waals surface area contributed by atoms with E-state index in [1.165, 1.54) is 16.8 Å². The van der Waals surface area contributed by atoms with Gasteiger partial charge >= 0.3 is 0 Å². The van der Waals surface area contributed by atoms with Crippen LogP contribution in [0.4, 0.5) is 20.2 Å². The predicted molar refractivity (Wildman–Crippen MR) is 167 cm³/mol. The van der Waals surface area contributed by atoms with Gasteiger partial charge in [0.1, 0.15) is 11.2 Å². The summed E-state index contributed by atoms with van der Waals surface area (Å²) in [6.07, 6.45) is 6.61. The molecule has 3 aromatic heterocycles. The van der Waals surface area contributed by atoms with Crippen molar-refractivity contribution in [3.8, 4) is 22.3 Å². The fourth-order valence-electron chi connectivity index (χ4n) is 7.29. The van der Waals surface area contributed by atoms with E-state index in [4.69, 9.17) is 4.98 Å². The summed E-state index contributed by atoms with van der Waals surface area (Å²) in [5.41, 5.74) is 3.49. The van der Waals surface area contributed by atoms with Gasteiger partial charge in [0.15, 0.2) is 11.6 Å². The average molecular weight is 636 g/mol. The van der Waals surface area contributed by atoms with Crippen LogP contribution in [0, 0.1) is 17.6 Å². The van der Waals surface area contributed by atoms with Gasteiger partial charge in [0.05, 0.1) is 23.0 Å². The number of carbonyl (C=O) groups excluding carboxylic acids is 1. The first-order chi connectivity index (χ1) is 21.4. The number of anilines is 2. The largest absolute Gasteiger partial charge is 0.388 e. The van der Waals surface area contributed by atoms with E-state index in [0.717, 1.165) is 25.8 Å². The lowest BCUT2D eigenvalue weighted by molar-refractivity contribution is 0.0980. The highest BCUT2D eigenvalue weighted by atomic mass is 32.2. The van der Waals surface area contributed by atoms with Crippen molar-refractivity contribution in [2.75, 3.05) is 50.2 Å². The zero-order valence-corrected chi connectivity index (χ0v) is 25.9. The summed E-state index contributed by atoms with van der Waals surface area (Å²) in [7, 11) is 1.42. The summed E-state index contributed by atoms with van der Waals surface area (Å²) in [6.45, 7) is 2.44. The van der Waals surface area contributed by atoms with E-state index < -0.39 is 33.0 Å². The van der Waals surface area contributed by atoms with Crippen LogP contribution in [0.5, 0.6) is 0 Å². The third-order valence-electron chi connectivity index (χ3n) is 9.18. The van der Waals surface area contributed by atoms with E-state index in [1.807, 2.05) is 4.72 Å². The monoisotopic (exact) mass is 635 g/mol. The van der Waals surface area contributed by atoms with Gasteiger partial charge in [-0.3, -0.25) is 14.6 Å². The molecule has 11 nitrogen and oxygen atoms in total. The van der Waals surface area contributed by atoms with Crippen molar-refractivity contribution in [3.63, 3.8) is 0 Å². The molecular formula is C31H31F2N7O4S. The van der Waals surface area contributed by atoms with Gasteiger partial charge in [-0.25, -0.2) is 26.9 Å². The number of aromatic nitrogens is 3. The maximum absolute atomic E-state index is 15.8. The lowest BCUT2D eigenvalue weighted by atomic mass is 9.96. The van der Waals surface area contributed by atoms with Gasteiger partial charge in [-0.15, -0.1) is 0 Å². The average Bonchev–Trinajstić information content (AvgIpc) is 3.67. The number of hydrogen-bond acceptors (Lipinski definition) is 9. The lowest BCUT2D eigenvalue weighted by Crippen LogP contribution is -2.35. The number of likely N-dealkylation sites (tertiary alicyclic amines) is 1. The van der Waals surface area contributed by atoms with Crippen LogP contribution < -0.4 is 20.4 Å². The highest BCUT2D eigenvalue weighted by Gasteiger charge is 2.43. The molecule has 0 saturated carbocycles. The zero-order chi connectivity index (χ0) is 31.9. The Kier molecular flexibility index (Phi) is 6.71. The van der Waals surface area contributed by atoms with Crippen LogP contribution in [0.3, 0.4) is 0 Å². The summed E-state index contributed by atoms with van der Waals surface area (Å²) < 4.78 is 57.6.